The Bertz CT molecular complexity index is 836. The average Bonchev–Trinajstić information content (AvgIpc) is 2.59. The number of nitro benzene ring substituents is 1. The van der Waals surface area contributed by atoms with Gasteiger partial charge in [-0.05, 0) is 31.5 Å². The third-order valence-electron chi connectivity index (χ3n) is 3.82. The van der Waals surface area contributed by atoms with Crippen LogP contribution in [0.25, 0.3) is 0 Å². The Morgan fingerprint density at radius 1 is 1.15 bits per heavy atom. The number of nitrogens with one attached hydrogen (secondary N) is 1. The van der Waals surface area contributed by atoms with Crippen LogP contribution in [0.5, 0.6) is 0 Å². The van der Waals surface area contributed by atoms with Crippen molar-refractivity contribution < 1.29 is 27.6 Å². The van der Waals surface area contributed by atoms with Gasteiger partial charge < -0.3 is 10.1 Å². The number of alkyl carbamates (subject to hydrolysis) is 1. The SMILES string of the molecule is CC(C)(NC(=O)OCc1ccccc1)c1cc(C(F)(F)F)ccc1[N+](=O)[O-]. The van der Waals surface area contributed by atoms with Crippen molar-refractivity contribution in [3.8, 4) is 0 Å². The molecule has 6 nitrogen and oxygen atoms in total. The number of amides is 1. The number of rotatable bonds is 5. The largest absolute Gasteiger partial charge is 0.445 e. The van der Waals surface area contributed by atoms with Crippen LogP contribution in [0.4, 0.5) is 23.7 Å². The minimum absolute atomic E-state index is 0.0482. The highest BCUT2D eigenvalue weighted by atomic mass is 19.4. The van der Waals surface area contributed by atoms with Crippen molar-refractivity contribution in [2.75, 3.05) is 0 Å². The molecule has 0 atom stereocenters. The summed E-state index contributed by atoms with van der Waals surface area (Å²) in [5.74, 6) is 0. The van der Waals surface area contributed by atoms with Gasteiger partial charge in [0, 0.05) is 6.07 Å². The third-order valence-corrected chi connectivity index (χ3v) is 3.82. The average molecular weight is 382 g/mol. The first-order valence-electron chi connectivity index (χ1n) is 7.85. The molecule has 0 radical (unpaired) electrons. The number of nitrogens with zero attached hydrogens (tertiary/aromatic N) is 1. The molecule has 1 amide bonds. The summed E-state index contributed by atoms with van der Waals surface area (Å²) in [5.41, 5.74) is -2.61. The first-order chi connectivity index (χ1) is 12.5. The summed E-state index contributed by atoms with van der Waals surface area (Å²) in [4.78, 5) is 22.5. The molecule has 0 aliphatic carbocycles. The van der Waals surface area contributed by atoms with Crippen LogP contribution in [-0.2, 0) is 23.1 Å². The molecule has 9 heteroatoms. The molecular formula is C18H17F3N2O4. The van der Waals surface area contributed by atoms with Crippen LogP contribution in [0.3, 0.4) is 0 Å². The van der Waals surface area contributed by atoms with Gasteiger partial charge in [-0.15, -0.1) is 0 Å². The molecular weight excluding hydrogens is 365 g/mol. The molecule has 0 saturated heterocycles. The van der Waals surface area contributed by atoms with Crippen molar-refractivity contribution in [3.05, 3.63) is 75.3 Å². The maximum absolute atomic E-state index is 13.0. The van der Waals surface area contributed by atoms with E-state index < -0.39 is 34.0 Å². The highest BCUT2D eigenvalue weighted by Crippen LogP contribution is 2.36. The highest BCUT2D eigenvalue weighted by Gasteiger charge is 2.37. The van der Waals surface area contributed by atoms with Crippen LogP contribution in [0.15, 0.2) is 48.5 Å². The fourth-order valence-corrected chi connectivity index (χ4v) is 2.45. The molecule has 0 saturated carbocycles. The smallest absolute Gasteiger partial charge is 0.416 e. The maximum atomic E-state index is 13.0. The van der Waals surface area contributed by atoms with Crippen LogP contribution in [0.1, 0.15) is 30.5 Å². The molecule has 2 aromatic rings. The zero-order valence-corrected chi connectivity index (χ0v) is 14.5. The first-order valence-corrected chi connectivity index (χ1v) is 7.85. The second kappa shape index (κ2) is 7.65. The molecule has 2 aromatic carbocycles. The molecule has 0 aliphatic rings. The highest BCUT2D eigenvalue weighted by molar-refractivity contribution is 5.69. The van der Waals surface area contributed by atoms with Crippen molar-refractivity contribution in [2.24, 2.45) is 0 Å². The lowest BCUT2D eigenvalue weighted by molar-refractivity contribution is -0.386. The lowest BCUT2D eigenvalue weighted by atomic mass is 9.91. The van der Waals surface area contributed by atoms with E-state index in [1.54, 1.807) is 30.3 Å². The standard InChI is InChI=1S/C18H17F3N2O4/c1-17(2,22-16(24)27-11-12-6-4-3-5-7-12)14-10-13(18(19,20)21)8-9-15(14)23(25)26/h3-10H,11H2,1-2H3,(H,22,24). The van der Waals surface area contributed by atoms with Gasteiger partial charge in [0.25, 0.3) is 5.69 Å². The van der Waals surface area contributed by atoms with E-state index in [-0.39, 0.29) is 12.2 Å². The zero-order chi connectivity index (χ0) is 20.2. The first kappa shape index (κ1) is 20.2. The lowest BCUT2D eigenvalue weighted by Gasteiger charge is -2.26. The normalized spacial score (nSPS) is 11.7. The number of benzene rings is 2. The summed E-state index contributed by atoms with van der Waals surface area (Å²) < 4.78 is 44.0. The van der Waals surface area contributed by atoms with Gasteiger partial charge in [-0.1, -0.05) is 30.3 Å². The molecule has 0 aliphatic heterocycles. The number of halogens is 3. The van der Waals surface area contributed by atoms with Crippen LogP contribution in [-0.4, -0.2) is 11.0 Å². The van der Waals surface area contributed by atoms with E-state index in [4.69, 9.17) is 4.74 Å². The monoisotopic (exact) mass is 382 g/mol. The number of hydrogen-bond acceptors (Lipinski definition) is 4. The predicted molar refractivity (Wildman–Crippen MR) is 90.9 cm³/mol. The Morgan fingerprint density at radius 2 is 1.78 bits per heavy atom. The fraction of sp³-hybridized carbons (Fsp3) is 0.278. The van der Waals surface area contributed by atoms with Crippen LogP contribution >= 0.6 is 0 Å². The maximum Gasteiger partial charge on any atom is 0.416 e. The van der Waals surface area contributed by atoms with Crippen molar-refractivity contribution >= 4 is 11.8 Å². The van der Waals surface area contributed by atoms with Crippen molar-refractivity contribution in [3.63, 3.8) is 0 Å². The minimum Gasteiger partial charge on any atom is -0.445 e. The van der Waals surface area contributed by atoms with Gasteiger partial charge in [0.2, 0.25) is 0 Å². The van der Waals surface area contributed by atoms with E-state index in [9.17, 15) is 28.1 Å². The van der Waals surface area contributed by atoms with E-state index in [0.717, 1.165) is 11.6 Å². The van der Waals surface area contributed by atoms with E-state index in [1.165, 1.54) is 13.8 Å². The lowest BCUT2D eigenvalue weighted by Crippen LogP contribution is -2.41. The summed E-state index contributed by atoms with van der Waals surface area (Å²) in [6.45, 7) is 2.67. The zero-order valence-electron chi connectivity index (χ0n) is 14.5. The molecule has 0 spiro atoms. The van der Waals surface area contributed by atoms with Gasteiger partial charge in [-0.25, -0.2) is 4.79 Å². The van der Waals surface area contributed by atoms with Crippen LogP contribution in [0, 0.1) is 10.1 Å². The molecule has 2 rings (SSSR count). The number of nitro groups is 1. The molecule has 0 bridgehead atoms. The Balaban J connectivity index is 2.23. The topological polar surface area (TPSA) is 81.5 Å². The summed E-state index contributed by atoms with van der Waals surface area (Å²) in [7, 11) is 0. The Hall–Kier alpha value is -3.10. The molecule has 1 N–H and O–H groups in total. The minimum atomic E-state index is -4.67. The summed E-state index contributed by atoms with van der Waals surface area (Å²) in [6, 6.07) is 10.8. The second-order valence-corrected chi connectivity index (χ2v) is 6.30. The Kier molecular flexibility index (Phi) is 5.72. The number of hydrogen-bond donors (Lipinski definition) is 1. The number of carbonyl (C=O) groups excluding carboxylic acids is 1. The van der Waals surface area contributed by atoms with Crippen LogP contribution < -0.4 is 5.32 Å². The van der Waals surface area contributed by atoms with Gasteiger partial charge in [-0.2, -0.15) is 13.2 Å². The molecule has 0 fully saturated rings. The van der Waals surface area contributed by atoms with Crippen molar-refractivity contribution in [1.29, 1.82) is 0 Å². The van der Waals surface area contributed by atoms with E-state index in [1.807, 2.05) is 0 Å². The summed E-state index contributed by atoms with van der Waals surface area (Å²) in [6.07, 6.45) is -5.58. The number of alkyl halides is 3. The second-order valence-electron chi connectivity index (χ2n) is 6.30. The molecule has 0 aromatic heterocycles. The summed E-state index contributed by atoms with van der Waals surface area (Å²) >= 11 is 0. The van der Waals surface area contributed by atoms with Gasteiger partial charge in [0.1, 0.15) is 6.61 Å². The molecule has 0 heterocycles. The van der Waals surface area contributed by atoms with Crippen molar-refractivity contribution in [1.82, 2.24) is 5.32 Å². The van der Waals surface area contributed by atoms with Gasteiger partial charge in [0.05, 0.1) is 21.6 Å². The van der Waals surface area contributed by atoms with Gasteiger partial charge in [0.15, 0.2) is 0 Å². The summed E-state index contributed by atoms with van der Waals surface area (Å²) in [5, 5.41) is 13.6. The number of carbonyl (C=O) groups is 1. The van der Waals surface area contributed by atoms with E-state index in [0.29, 0.717) is 12.1 Å². The predicted octanol–water partition coefficient (Wildman–Crippen LogP) is 4.78. The molecule has 144 valence electrons. The van der Waals surface area contributed by atoms with E-state index >= 15 is 0 Å². The number of ether oxygens (including phenoxy) is 1. The molecule has 0 unspecified atom stereocenters. The fourth-order valence-electron chi connectivity index (χ4n) is 2.45. The quantitative estimate of drug-likeness (QED) is 0.596. The Labute approximate surface area is 153 Å². The van der Waals surface area contributed by atoms with Crippen LogP contribution in [0.2, 0.25) is 0 Å². The van der Waals surface area contributed by atoms with E-state index in [2.05, 4.69) is 5.32 Å². The molecule has 27 heavy (non-hydrogen) atoms. The Morgan fingerprint density at radius 3 is 2.33 bits per heavy atom. The van der Waals surface area contributed by atoms with Gasteiger partial charge >= 0.3 is 12.3 Å². The van der Waals surface area contributed by atoms with Crippen molar-refractivity contribution in [2.45, 2.75) is 32.2 Å². The van der Waals surface area contributed by atoms with Gasteiger partial charge in [-0.3, -0.25) is 10.1 Å². The third kappa shape index (κ3) is 5.19.